The molecule has 0 fully saturated rings. The molecule has 0 radical (unpaired) electrons. The summed E-state index contributed by atoms with van der Waals surface area (Å²) in [5.74, 6) is 0.161. The van der Waals surface area contributed by atoms with Crippen LogP contribution in [0.3, 0.4) is 0 Å². The summed E-state index contributed by atoms with van der Waals surface area (Å²) in [5.41, 5.74) is 4.13. The van der Waals surface area contributed by atoms with Gasteiger partial charge in [-0.3, -0.25) is 5.43 Å². The zero-order valence-electron chi connectivity index (χ0n) is 14.1. The van der Waals surface area contributed by atoms with Crippen LogP contribution in [0, 0.1) is 0 Å². The van der Waals surface area contributed by atoms with Crippen molar-refractivity contribution in [2.24, 2.45) is 5.10 Å². The molecule has 2 aromatic rings. The molecule has 2 rings (SSSR count). The van der Waals surface area contributed by atoms with Gasteiger partial charge in [-0.25, -0.2) is 4.79 Å². The summed E-state index contributed by atoms with van der Waals surface area (Å²) in [6.45, 7) is 2.11. The summed E-state index contributed by atoms with van der Waals surface area (Å²) < 4.78 is 10.6. The Kier molecular flexibility index (Phi) is 7.38. The fourth-order valence-electron chi connectivity index (χ4n) is 1.98. The van der Waals surface area contributed by atoms with E-state index in [1.807, 2.05) is 31.2 Å². The largest absolute Gasteiger partial charge is 0.494 e. The van der Waals surface area contributed by atoms with Gasteiger partial charge in [-0.05, 0) is 55.5 Å². The number of carboxylic acid groups (broad SMARTS) is 1. The smallest absolute Gasteiger partial charge is 0.341 e. The lowest BCUT2D eigenvalue weighted by molar-refractivity contribution is -0.139. The summed E-state index contributed by atoms with van der Waals surface area (Å²) in [6, 6.07) is 14.3. The zero-order chi connectivity index (χ0) is 18.8. The number of benzene rings is 2. The molecule has 0 aliphatic carbocycles. The Morgan fingerprint density at radius 2 is 1.92 bits per heavy atom. The van der Waals surface area contributed by atoms with Gasteiger partial charge in [0.05, 0.1) is 12.8 Å². The van der Waals surface area contributed by atoms with Gasteiger partial charge in [0.25, 0.3) is 0 Å². The van der Waals surface area contributed by atoms with E-state index in [0.29, 0.717) is 23.0 Å². The van der Waals surface area contributed by atoms with E-state index in [4.69, 9.17) is 26.8 Å². The molecule has 0 saturated heterocycles. The van der Waals surface area contributed by atoms with Crippen molar-refractivity contribution >= 4 is 35.2 Å². The minimum absolute atomic E-state index is 0.314. The molecule has 0 saturated carbocycles. The van der Waals surface area contributed by atoms with Crippen LogP contribution in [0.1, 0.15) is 12.5 Å². The molecule has 0 aliphatic rings. The van der Waals surface area contributed by atoms with Crippen LogP contribution in [0.15, 0.2) is 53.6 Å². The first-order valence-corrected chi connectivity index (χ1v) is 8.26. The topological polar surface area (TPSA) is 92.2 Å². The third-order valence-electron chi connectivity index (χ3n) is 3.06. The van der Waals surface area contributed by atoms with E-state index in [1.165, 1.54) is 6.21 Å². The Morgan fingerprint density at radius 3 is 2.62 bits per heavy atom. The van der Waals surface area contributed by atoms with Gasteiger partial charge in [-0.1, -0.05) is 12.1 Å². The number of hydrazone groups is 1. The van der Waals surface area contributed by atoms with Crippen LogP contribution in [0.4, 0.5) is 5.69 Å². The summed E-state index contributed by atoms with van der Waals surface area (Å²) in [5, 5.41) is 16.0. The van der Waals surface area contributed by atoms with Gasteiger partial charge in [0, 0.05) is 11.3 Å². The molecule has 2 aromatic carbocycles. The minimum atomic E-state index is -1.05. The predicted molar refractivity (Wildman–Crippen MR) is 104 cm³/mol. The molecule has 0 aromatic heterocycles. The zero-order valence-corrected chi connectivity index (χ0v) is 15.0. The quantitative estimate of drug-likeness (QED) is 0.372. The number of hydrogen-bond donors (Lipinski definition) is 3. The van der Waals surface area contributed by atoms with Gasteiger partial charge in [-0.2, -0.15) is 5.10 Å². The molecule has 3 N–H and O–H groups in total. The molecule has 0 aliphatic heterocycles. The van der Waals surface area contributed by atoms with Crippen LogP contribution < -0.4 is 20.2 Å². The molecule has 136 valence electrons. The number of ether oxygens (including phenoxy) is 2. The highest BCUT2D eigenvalue weighted by Crippen LogP contribution is 2.16. The van der Waals surface area contributed by atoms with Crippen molar-refractivity contribution in [2.45, 2.75) is 6.92 Å². The van der Waals surface area contributed by atoms with Crippen LogP contribution in [-0.4, -0.2) is 35.6 Å². The highest BCUT2D eigenvalue weighted by molar-refractivity contribution is 7.80. The van der Waals surface area contributed by atoms with Crippen molar-refractivity contribution in [2.75, 3.05) is 18.5 Å². The molecular formula is C18H19N3O4S. The second kappa shape index (κ2) is 10.00. The number of carbonyl (C=O) groups is 1. The second-order valence-electron chi connectivity index (χ2n) is 5.00. The summed E-state index contributed by atoms with van der Waals surface area (Å²) in [7, 11) is 0. The molecule has 8 heteroatoms. The van der Waals surface area contributed by atoms with E-state index in [9.17, 15) is 4.79 Å². The van der Waals surface area contributed by atoms with Crippen molar-refractivity contribution in [1.82, 2.24) is 5.43 Å². The first kappa shape index (κ1) is 19.2. The number of nitrogens with zero attached hydrogens (tertiary/aromatic N) is 1. The summed E-state index contributed by atoms with van der Waals surface area (Å²) in [4.78, 5) is 10.6. The van der Waals surface area contributed by atoms with Crippen molar-refractivity contribution in [1.29, 1.82) is 0 Å². The minimum Gasteiger partial charge on any atom is -0.494 e. The van der Waals surface area contributed by atoms with Crippen molar-refractivity contribution in [3.63, 3.8) is 0 Å². The van der Waals surface area contributed by atoms with Crippen molar-refractivity contribution in [3.8, 4) is 11.5 Å². The Hall–Kier alpha value is -3.13. The second-order valence-corrected chi connectivity index (χ2v) is 5.41. The molecule has 0 unspecified atom stereocenters. The van der Waals surface area contributed by atoms with Gasteiger partial charge >= 0.3 is 5.97 Å². The van der Waals surface area contributed by atoms with E-state index in [0.717, 1.165) is 11.4 Å². The first-order valence-electron chi connectivity index (χ1n) is 7.85. The van der Waals surface area contributed by atoms with Crippen molar-refractivity contribution in [3.05, 3.63) is 54.1 Å². The fourth-order valence-corrected chi connectivity index (χ4v) is 2.15. The Labute approximate surface area is 156 Å². The molecule has 0 atom stereocenters. The number of aliphatic carboxylic acids is 1. The lowest BCUT2D eigenvalue weighted by Gasteiger charge is -2.09. The number of nitrogens with one attached hydrogen (secondary N) is 2. The fraction of sp³-hybridized carbons (Fsp3) is 0.167. The van der Waals surface area contributed by atoms with E-state index >= 15 is 0 Å². The normalized spacial score (nSPS) is 10.3. The maximum absolute atomic E-state index is 10.6. The predicted octanol–water partition coefficient (Wildman–Crippen LogP) is 2.87. The van der Waals surface area contributed by atoms with E-state index in [1.54, 1.807) is 24.3 Å². The number of para-hydroxylation sites is 1. The standard InChI is InChI=1S/C18H19N3O4S/c1-2-24-15-9-7-14(8-10-15)20-18(26)21-19-11-13-5-3-4-6-16(13)25-12-17(22)23/h3-11H,2,12H2,1H3,(H,22,23)(H2,20,21,26)/b19-11-. The van der Waals surface area contributed by atoms with Crippen LogP contribution in [0.25, 0.3) is 0 Å². The van der Waals surface area contributed by atoms with E-state index in [-0.39, 0.29) is 0 Å². The average Bonchev–Trinajstić information content (AvgIpc) is 2.63. The van der Waals surface area contributed by atoms with Gasteiger partial charge in [0.1, 0.15) is 11.5 Å². The molecule has 7 nitrogen and oxygen atoms in total. The van der Waals surface area contributed by atoms with Crippen LogP contribution in [0.2, 0.25) is 0 Å². The molecule has 26 heavy (non-hydrogen) atoms. The molecule has 0 amide bonds. The Balaban J connectivity index is 1.89. The lowest BCUT2D eigenvalue weighted by Crippen LogP contribution is -2.23. The molecule has 0 bridgehead atoms. The number of thiocarbonyl (C=S) groups is 1. The molecule has 0 spiro atoms. The highest BCUT2D eigenvalue weighted by Gasteiger charge is 2.03. The van der Waals surface area contributed by atoms with Crippen molar-refractivity contribution < 1.29 is 19.4 Å². The van der Waals surface area contributed by atoms with E-state index < -0.39 is 12.6 Å². The van der Waals surface area contributed by atoms with Gasteiger partial charge < -0.3 is 19.9 Å². The third kappa shape index (κ3) is 6.40. The van der Waals surface area contributed by atoms with Crippen LogP contribution in [-0.2, 0) is 4.79 Å². The summed E-state index contributed by atoms with van der Waals surface area (Å²) >= 11 is 5.18. The monoisotopic (exact) mass is 373 g/mol. The van der Waals surface area contributed by atoms with E-state index in [2.05, 4.69) is 15.8 Å². The van der Waals surface area contributed by atoms with Crippen LogP contribution >= 0.6 is 12.2 Å². The first-order chi connectivity index (χ1) is 12.6. The van der Waals surface area contributed by atoms with Gasteiger partial charge in [0.15, 0.2) is 11.7 Å². The van der Waals surface area contributed by atoms with Crippen LogP contribution in [0.5, 0.6) is 11.5 Å². The summed E-state index contributed by atoms with van der Waals surface area (Å²) in [6.07, 6.45) is 1.50. The van der Waals surface area contributed by atoms with Gasteiger partial charge in [-0.15, -0.1) is 0 Å². The number of anilines is 1. The maximum Gasteiger partial charge on any atom is 0.341 e. The van der Waals surface area contributed by atoms with Gasteiger partial charge in [0.2, 0.25) is 0 Å². The highest BCUT2D eigenvalue weighted by atomic mass is 32.1. The average molecular weight is 373 g/mol. The number of rotatable bonds is 8. The Bertz CT molecular complexity index is 778. The third-order valence-corrected chi connectivity index (χ3v) is 3.26. The SMILES string of the molecule is CCOc1ccc(NC(=S)N/N=C\c2ccccc2OCC(=O)O)cc1. The Morgan fingerprint density at radius 1 is 1.19 bits per heavy atom. The lowest BCUT2D eigenvalue weighted by atomic mass is 10.2. The molecular weight excluding hydrogens is 354 g/mol. The maximum atomic E-state index is 10.6. The number of carboxylic acids is 1. The number of hydrogen-bond acceptors (Lipinski definition) is 5. The molecule has 0 heterocycles.